The lowest BCUT2D eigenvalue weighted by molar-refractivity contribution is 0.576. The Morgan fingerprint density at radius 3 is 2.42 bits per heavy atom. The quantitative estimate of drug-likeness (QED) is 0.469. The van der Waals surface area contributed by atoms with Crippen LogP contribution < -0.4 is 4.72 Å². The largest absolute Gasteiger partial charge is 0.307 e. The third-order valence-electron chi connectivity index (χ3n) is 5.11. The summed E-state index contributed by atoms with van der Waals surface area (Å²) in [6.45, 7) is 4.52. The molecule has 0 aliphatic carbocycles. The molecule has 0 saturated carbocycles. The van der Waals surface area contributed by atoms with Gasteiger partial charge in [0, 0.05) is 6.20 Å². The second-order valence-electron chi connectivity index (χ2n) is 7.64. The summed E-state index contributed by atoms with van der Waals surface area (Å²) >= 11 is 0. The molecule has 0 unspecified atom stereocenters. The Hall–Kier alpha value is -3.10. The maximum atomic E-state index is 13.3. The molecule has 31 heavy (non-hydrogen) atoms. The van der Waals surface area contributed by atoms with Crippen molar-refractivity contribution in [3.05, 3.63) is 89.6 Å². The normalized spacial score (nSPS) is 12.0. The molecule has 0 aliphatic heterocycles. The summed E-state index contributed by atoms with van der Waals surface area (Å²) in [5.41, 5.74) is 3.24. The number of pyridine rings is 1. The first-order chi connectivity index (χ1) is 14.8. The van der Waals surface area contributed by atoms with Gasteiger partial charge < -0.3 is 4.57 Å². The first kappa shape index (κ1) is 21.1. The van der Waals surface area contributed by atoms with Gasteiger partial charge in [0.15, 0.2) is 5.65 Å². The molecule has 4 rings (SSSR count). The highest BCUT2D eigenvalue weighted by molar-refractivity contribution is 7.89. The molecule has 2 aromatic carbocycles. The van der Waals surface area contributed by atoms with Gasteiger partial charge in [0.25, 0.3) is 0 Å². The number of sulfonamides is 1. The average Bonchev–Trinajstić information content (AvgIpc) is 3.11. The highest BCUT2D eigenvalue weighted by atomic mass is 32.2. The summed E-state index contributed by atoms with van der Waals surface area (Å²) in [6, 6.07) is 16.6. The molecular formula is C23H23FN4O2S. The van der Waals surface area contributed by atoms with Crippen LogP contribution in [0.25, 0.3) is 11.2 Å². The number of hydrogen-bond donors (Lipinski definition) is 1. The van der Waals surface area contributed by atoms with E-state index in [1.807, 2.05) is 22.8 Å². The van der Waals surface area contributed by atoms with E-state index < -0.39 is 10.0 Å². The highest BCUT2D eigenvalue weighted by Crippen LogP contribution is 2.19. The lowest BCUT2D eigenvalue weighted by Crippen LogP contribution is -2.25. The SMILES string of the molecule is CC(C)c1ccc(S(=O)(=O)NCc2nc3cccnc3n2Cc2ccc(F)cc2)cc1. The topological polar surface area (TPSA) is 76.9 Å². The van der Waals surface area contributed by atoms with E-state index in [-0.39, 0.29) is 17.3 Å². The number of imidazole rings is 1. The minimum atomic E-state index is -3.71. The fourth-order valence-electron chi connectivity index (χ4n) is 3.35. The molecule has 0 fully saturated rings. The Balaban J connectivity index is 1.61. The molecule has 0 saturated heterocycles. The van der Waals surface area contributed by atoms with Crippen molar-refractivity contribution in [2.75, 3.05) is 0 Å². The summed E-state index contributed by atoms with van der Waals surface area (Å²) in [5, 5.41) is 0. The van der Waals surface area contributed by atoms with Gasteiger partial charge in [-0.15, -0.1) is 0 Å². The maximum Gasteiger partial charge on any atom is 0.240 e. The number of halogens is 1. The Morgan fingerprint density at radius 1 is 1.03 bits per heavy atom. The van der Waals surface area contributed by atoms with Crippen molar-refractivity contribution in [2.24, 2.45) is 0 Å². The maximum absolute atomic E-state index is 13.3. The van der Waals surface area contributed by atoms with Crippen molar-refractivity contribution >= 4 is 21.2 Å². The zero-order valence-corrected chi connectivity index (χ0v) is 18.1. The van der Waals surface area contributed by atoms with Gasteiger partial charge in [-0.25, -0.2) is 27.5 Å². The van der Waals surface area contributed by atoms with Crippen LogP contribution in [0.5, 0.6) is 0 Å². The van der Waals surface area contributed by atoms with Crippen LogP contribution in [0.3, 0.4) is 0 Å². The third-order valence-corrected chi connectivity index (χ3v) is 6.53. The second kappa shape index (κ2) is 8.56. The van der Waals surface area contributed by atoms with Crippen LogP contribution in [-0.4, -0.2) is 23.0 Å². The summed E-state index contributed by atoms with van der Waals surface area (Å²) in [6.07, 6.45) is 1.66. The standard InChI is InChI=1S/C23H23FN4O2S/c1-16(2)18-7-11-20(12-8-18)31(29,30)26-14-22-27-21-4-3-13-25-23(21)28(22)15-17-5-9-19(24)10-6-17/h3-13,16,26H,14-15H2,1-2H3. The second-order valence-corrected chi connectivity index (χ2v) is 9.40. The summed E-state index contributed by atoms with van der Waals surface area (Å²) < 4.78 is 43.4. The molecule has 0 radical (unpaired) electrons. The number of hydrogen-bond acceptors (Lipinski definition) is 4. The number of rotatable bonds is 7. The van der Waals surface area contributed by atoms with E-state index in [0.717, 1.165) is 11.1 Å². The van der Waals surface area contributed by atoms with Gasteiger partial charge >= 0.3 is 0 Å². The average molecular weight is 439 g/mol. The molecule has 160 valence electrons. The van der Waals surface area contributed by atoms with Gasteiger partial charge in [0.1, 0.15) is 17.2 Å². The van der Waals surface area contributed by atoms with E-state index in [4.69, 9.17) is 0 Å². The molecule has 4 aromatic rings. The van der Waals surface area contributed by atoms with Gasteiger partial charge in [0.05, 0.1) is 18.0 Å². The monoisotopic (exact) mass is 438 g/mol. The smallest absolute Gasteiger partial charge is 0.240 e. The van der Waals surface area contributed by atoms with Gasteiger partial charge in [-0.3, -0.25) is 0 Å². The molecule has 0 amide bonds. The third kappa shape index (κ3) is 4.65. The Bertz CT molecular complexity index is 1300. The molecule has 8 heteroatoms. The molecule has 2 heterocycles. The van der Waals surface area contributed by atoms with Crippen LogP contribution in [0.4, 0.5) is 4.39 Å². The summed E-state index contributed by atoms with van der Waals surface area (Å²) in [7, 11) is -3.71. The van der Waals surface area contributed by atoms with Crippen LogP contribution in [0.1, 0.15) is 36.7 Å². The van der Waals surface area contributed by atoms with E-state index in [1.54, 1.807) is 36.5 Å². The molecule has 6 nitrogen and oxygen atoms in total. The van der Waals surface area contributed by atoms with Crippen LogP contribution in [0.15, 0.2) is 71.8 Å². The van der Waals surface area contributed by atoms with Crippen LogP contribution in [-0.2, 0) is 23.1 Å². The number of benzene rings is 2. The number of fused-ring (bicyclic) bond motifs is 1. The molecular weight excluding hydrogens is 415 g/mol. The summed E-state index contributed by atoms with van der Waals surface area (Å²) in [5.74, 6) is 0.540. The predicted octanol–water partition coefficient (Wildman–Crippen LogP) is 4.22. The molecule has 0 atom stereocenters. The Morgan fingerprint density at radius 2 is 1.74 bits per heavy atom. The van der Waals surface area contributed by atoms with Crippen LogP contribution >= 0.6 is 0 Å². The molecule has 1 N–H and O–H groups in total. The Kier molecular flexibility index (Phi) is 5.84. The number of nitrogens with one attached hydrogen (secondary N) is 1. The van der Waals surface area contributed by atoms with Gasteiger partial charge in [-0.05, 0) is 53.4 Å². The van der Waals surface area contributed by atoms with E-state index in [1.165, 1.54) is 12.1 Å². The van der Waals surface area contributed by atoms with E-state index in [2.05, 4.69) is 28.5 Å². The first-order valence-corrected chi connectivity index (χ1v) is 11.5. The van der Waals surface area contributed by atoms with Crippen LogP contribution in [0.2, 0.25) is 0 Å². The zero-order valence-electron chi connectivity index (χ0n) is 17.3. The van der Waals surface area contributed by atoms with E-state index in [0.29, 0.717) is 29.5 Å². The van der Waals surface area contributed by atoms with Crippen LogP contribution in [0, 0.1) is 5.82 Å². The van der Waals surface area contributed by atoms with Gasteiger partial charge in [-0.2, -0.15) is 0 Å². The minimum absolute atomic E-state index is 0.00577. The molecule has 0 spiro atoms. The lowest BCUT2D eigenvalue weighted by atomic mass is 10.0. The number of nitrogens with zero attached hydrogens (tertiary/aromatic N) is 3. The van der Waals surface area contributed by atoms with E-state index in [9.17, 15) is 12.8 Å². The number of aromatic nitrogens is 3. The van der Waals surface area contributed by atoms with Gasteiger partial charge in [0.2, 0.25) is 10.0 Å². The molecule has 0 aliphatic rings. The predicted molar refractivity (Wildman–Crippen MR) is 118 cm³/mol. The zero-order chi connectivity index (χ0) is 22.0. The molecule has 0 bridgehead atoms. The fraction of sp³-hybridized carbons (Fsp3) is 0.217. The first-order valence-electron chi connectivity index (χ1n) is 9.98. The fourth-order valence-corrected chi connectivity index (χ4v) is 4.33. The van der Waals surface area contributed by atoms with Crippen molar-refractivity contribution < 1.29 is 12.8 Å². The van der Waals surface area contributed by atoms with E-state index >= 15 is 0 Å². The van der Waals surface area contributed by atoms with Crippen molar-refractivity contribution in [1.29, 1.82) is 0 Å². The van der Waals surface area contributed by atoms with Crippen molar-refractivity contribution in [3.63, 3.8) is 0 Å². The Labute approximate surface area is 180 Å². The summed E-state index contributed by atoms with van der Waals surface area (Å²) in [4.78, 5) is 9.16. The highest BCUT2D eigenvalue weighted by Gasteiger charge is 2.18. The minimum Gasteiger partial charge on any atom is -0.307 e. The lowest BCUT2D eigenvalue weighted by Gasteiger charge is -2.11. The van der Waals surface area contributed by atoms with Crippen molar-refractivity contribution in [3.8, 4) is 0 Å². The van der Waals surface area contributed by atoms with Crippen molar-refractivity contribution in [2.45, 2.75) is 37.8 Å². The van der Waals surface area contributed by atoms with Gasteiger partial charge in [-0.1, -0.05) is 38.1 Å². The van der Waals surface area contributed by atoms with Crippen molar-refractivity contribution in [1.82, 2.24) is 19.3 Å². The molecule has 2 aromatic heterocycles.